The Morgan fingerprint density at radius 2 is 0.933 bits per heavy atom. The number of phosphoric acid groups is 1. The van der Waals surface area contributed by atoms with Gasteiger partial charge < -0.3 is 0 Å². The van der Waals surface area contributed by atoms with Crippen LogP contribution in [0.4, 0.5) is 0 Å². The summed E-state index contributed by atoms with van der Waals surface area (Å²) in [6, 6.07) is 0. The molecule has 0 aliphatic heterocycles. The van der Waals surface area contributed by atoms with E-state index in [2.05, 4.69) is 24.1 Å². The fourth-order valence-electron chi connectivity index (χ4n) is 3.59. The molecule has 0 aromatic heterocycles. The molecule has 30 heavy (non-hydrogen) atoms. The predicted octanol–water partition coefficient (Wildman–Crippen LogP) is 9.11. The molecule has 1 N–H and O–H groups in total. The van der Waals surface area contributed by atoms with Gasteiger partial charge in [0.2, 0.25) is 0 Å². The van der Waals surface area contributed by atoms with E-state index in [4.69, 9.17) is 9.05 Å². The molecule has 0 spiro atoms. The maximum absolute atomic E-state index is 11.8. The zero-order valence-electron chi connectivity index (χ0n) is 20.7. The second-order valence-corrected chi connectivity index (χ2v) is 21.8. The molecule has 1 unspecified atom stereocenters. The van der Waals surface area contributed by atoms with Gasteiger partial charge in [0.1, 0.15) is 0 Å². The zero-order valence-corrected chi connectivity index (χ0v) is 23.5. The molecule has 182 valence electrons. The molecule has 0 aliphatic rings. The van der Waals surface area contributed by atoms with Crippen LogP contribution in [-0.4, -0.2) is 31.7 Å². The van der Waals surface area contributed by atoms with Crippen molar-refractivity contribution in [1.29, 1.82) is 0 Å². The van der Waals surface area contributed by atoms with E-state index in [0.717, 1.165) is 24.5 Å². The van der Waals surface area contributed by atoms with Crippen LogP contribution in [0.25, 0.3) is 0 Å². The molecule has 0 heterocycles. The second kappa shape index (κ2) is 20.3. The fraction of sp³-hybridized carbons (Fsp3) is 1.00. The third-order valence-corrected chi connectivity index (χ3v) is 9.98. The van der Waals surface area contributed by atoms with Gasteiger partial charge in [0, 0.05) is 0 Å². The van der Waals surface area contributed by atoms with Crippen molar-refractivity contribution in [2.24, 2.45) is 0 Å². The summed E-state index contributed by atoms with van der Waals surface area (Å²) in [4.78, 5) is 9.69. The number of rotatable bonds is 23. The van der Waals surface area contributed by atoms with Gasteiger partial charge in [-0.3, -0.25) is 0 Å². The number of hydrogen-bond acceptors (Lipinski definition) is 3. The molecule has 0 saturated carbocycles. The Morgan fingerprint density at radius 3 is 1.30 bits per heavy atom. The minimum absolute atomic E-state index is 0.322. The van der Waals surface area contributed by atoms with Crippen LogP contribution in [0.5, 0.6) is 0 Å². The van der Waals surface area contributed by atoms with Crippen LogP contribution < -0.4 is 0 Å². The Hall–Kier alpha value is 0.668. The van der Waals surface area contributed by atoms with Crippen LogP contribution in [0.1, 0.15) is 116 Å². The van der Waals surface area contributed by atoms with Crippen LogP contribution in [0.15, 0.2) is 0 Å². The number of phosphoric ester groups is 1. The van der Waals surface area contributed by atoms with Crippen molar-refractivity contribution in [2.75, 3.05) is 13.2 Å². The van der Waals surface area contributed by atoms with E-state index in [9.17, 15) is 9.46 Å². The molecule has 0 amide bonds. The Morgan fingerprint density at radius 1 is 0.600 bits per heavy atom. The summed E-state index contributed by atoms with van der Waals surface area (Å²) in [5.74, 6) is 0. The van der Waals surface area contributed by atoms with Gasteiger partial charge in [-0.2, -0.15) is 0 Å². The van der Waals surface area contributed by atoms with E-state index in [-0.39, 0.29) is 0 Å². The van der Waals surface area contributed by atoms with Crippen molar-refractivity contribution in [3.05, 3.63) is 0 Å². The quantitative estimate of drug-likeness (QED) is 0.0844. The van der Waals surface area contributed by atoms with E-state index in [1.165, 1.54) is 89.9 Å². The van der Waals surface area contributed by atoms with Crippen molar-refractivity contribution in [1.82, 2.24) is 0 Å². The summed E-state index contributed by atoms with van der Waals surface area (Å²) < 4.78 is 22.0. The average molecular weight is 512 g/mol. The summed E-state index contributed by atoms with van der Waals surface area (Å²) in [5, 5.41) is 1.14. The van der Waals surface area contributed by atoms with Crippen LogP contribution in [0.3, 0.4) is 0 Å². The first-order valence-electron chi connectivity index (χ1n) is 12.7. The first kappa shape index (κ1) is 30.7. The molecule has 0 aromatic carbocycles. The summed E-state index contributed by atoms with van der Waals surface area (Å²) in [6.07, 6.45) is 21.9. The monoisotopic (exact) mass is 511 g/mol. The SMILES string of the molecule is CCCCCCCCCCCCCCCCCCOP(=O)(O)OCCC[As+](C)(C)C. The van der Waals surface area contributed by atoms with Crippen molar-refractivity contribution in [3.63, 3.8) is 0 Å². The molecular weight excluding hydrogens is 458 g/mol. The molecule has 0 rings (SSSR count). The summed E-state index contributed by atoms with van der Waals surface area (Å²) in [7, 11) is -3.85. The molecule has 0 bridgehead atoms. The maximum atomic E-state index is 11.8. The van der Waals surface area contributed by atoms with Gasteiger partial charge in [-0.15, -0.1) is 0 Å². The Labute approximate surface area is 191 Å². The molecule has 0 aliphatic carbocycles. The first-order chi connectivity index (χ1) is 14.3. The molecule has 0 fully saturated rings. The van der Waals surface area contributed by atoms with Crippen molar-refractivity contribution in [3.8, 4) is 0 Å². The van der Waals surface area contributed by atoms with Crippen molar-refractivity contribution < 1.29 is 18.5 Å². The predicted molar refractivity (Wildman–Crippen MR) is 134 cm³/mol. The molecule has 0 aromatic rings. The van der Waals surface area contributed by atoms with E-state index in [0.29, 0.717) is 13.2 Å². The molecular formula is C24H53AsO4P+. The Balaban J connectivity index is 3.29. The standard InChI is InChI=1S/C24H52AsO4P/c1-5-6-7-8-9-10-11-12-13-14-15-16-17-18-19-20-23-28-30(26,27)29-24-21-22-25(2,3)4/h5-24H2,1-4H3/p+1. The fourth-order valence-corrected chi connectivity index (χ4v) is 6.64. The zero-order chi connectivity index (χ0) is 22.6. The third-order valence-electron chi connectivity index (χ3n) is 5.48. The Kier molecular flexibility index (Phi) is 20.7. The summed E-state index contributed by atoms with van der Waals surface area (Å²) >= 11 is -1.43. The second-order valence-electron chi connectivity index (χ2n) is 9.81. The molecule has 0 saturated heterocycles. The normalized spacial score (nSPS) is 14.2. The third kappa shape index (κ3) is 24.9. The molecule has 0 radical (unpaired) electrons. The average Bonchev–Trinajstić information content (AvgIpc) is 2.67. The van der Waals surface area contributed by atoms with E-state index < -0.39 is 21.4 Å². The van der Waals surface area contributed by atoms with Gasteiger partial charge in [0.15, 0.2) is 0 Å². The van der Waals surface area contributed by atoms with Gasteiger partial charge in [0.25, 0.3) is 0 Å². The van der Waals surface area contributed by atoms with Crippen LogP contribution >= 0.6 is 7.82 Å². The molecule has 6 heteroatoms. The van der Waals surface area contributed by atoms with E-state index in [1.54, 1.807) is 0 Å². The number of hydrogen-bond donors (Lipinski definition) is 1. The minimum atomic E-state index is -3.85. The van der Waals surface area contributed by atoms with Crippen LogP contribution in [-0.2, 0) is 13.6 Å². The van der Waals surface area contributed by atoms with Gasteiger partial charge in [-0.25, -0.2) is 0 Å². The Bertz CT molecular complexity index is 413. The van der Waals surface area contributed by atoms with E-state index >= 15 is 0 Å². The van der Waals surface area contributed by atoms with E-state index in [1.807, 2.05) is 0 Å². The van der Waals surface area contributed by atoms with Gasteiger partial charge in [-0.1, -0.05) is 77.6 Å². The topological polar surface area (TPSA) is 55.8 Å². The van der Waals surface area contributed by atoms with Gasteiger partial charge in [0.05, 0.1) is 0 Å². The molecule has 1 atom stereocenters. The van der Waals surface area contributed by atoms with Crippen LogP contribution in [0.2, 0.25) is 22.3 Å². The molecule has 4 nitrogen and oxygen atoms in total. The van der Waals surface area contributed by atoms with Crippen molar-refractivity contribution >= 4 is 21.4 Å². The summed E-state index contributed by atoms with van der Waals surface area (Å²) in [6.45, 7) is 2.92. The van der Waals surface area contributed by atoms with Crippen molar-refractivity contribution in [2.45, 2.75) is 138 Å². The summed E-state index contributed by atoms with van der Waals surface area (Å²) in [5.41, 5.74) is 6.97. The van der Waals surface area contributed by atoms with Gasteiger partial charge in [-0.05, 0) is 0 Å². The number of unbranched alkanes of at least 4 members (excludes halogenated alkanes) is 15. The van der Waals surface area contributed by atoms with Crippen LogP contribution in [0, 0.1) is 0 Å². The first-order valence-corrected chi connectivity index (χ1v) is 21.1. The van der Waals surface area contributed by atoms with Gasteiger partial charge >= 0.3 is 114 Å².